The molecule has 1 fully saturated rings. The van der Waals surface area contributed by atoms with E-state index in [1.54, 1.807) is 0 Å². The number of amides is 3. The summed E-state index contributed by atoms with van der Waals surface area (Å²) in [5.41, 5.74) is 0. The summed E-state index contributed by atoms with van der Waals surface area (Å²) < 4.78 is 15.8. The highest BCUT2D eigenvalue weighted by molar-refractivity contribution is 5.69. The van der Waals surface area contributed by atoms with Gasteiger partial charge in [0.2, 0.25) is 0 Å². The molecule has 3 amide bonds. The maximum atomic E-state index is 12.3. The van der Waals surface area contributed by atoms with Gasteiger partial charge in [0.15, 0.2) is 18.3 Å². The maximum Gasteiger partial charge on any atom is 0.407 e. The quantitative estimate of drug-likeness (QED) is 0.175. The van der Waals surface area contributed by atoms with E-state index in [4.69, 9.17) is 14.2 Å². The molecular formula is C21H39N3O9. The molecule has 2 unspecified atom stereocenters. The fourth-order valence-electron chi connectivity index (χ4n) is 3.17. The molecule has 12 nitrogen and oxygen atoms in total. The zero-order valence-corrected chi connectivity index (χ0v) is 19.6. The Morgan fingerprint density at radius 3 is 1.18 bits per heavy atom. The zero-order chi connectivity index (χ0) is 24.8. The Bertz CT molecular complexity index is 570. The van der Waals surface area contributed by atoms with Gasteiger partial charge < -0.3 is 45.5 Å². The topological polar surface area (TPSA) is 176 Å². The maximum absolute atomic E-state index is 12.3. The molecule has 192 valence electrons. The van der Waals surface area contributed by atoms with Crippen LogP contribution >= 0.6 is 0 Å². The first-order valence-electron chi connectivity index (χ1n) is 11.6. The Morgan fingerprint density at radius 1 is 0.576 bits per heavy atom. The van der Waals surface area contributed by atoms with Crippen molar-refractivity contribution in [2.45, 2.75) is 95.9 Å². The second-order valence-corrected chi connectivity index (χ2v) is 7.92. The predicted molar refractivity (Wildman–Crippen MR) is 118 cm³/mol. The summed E-state index contributed by atoms with van der Waals surface area (Å²) in [7, 11) is 0. The van der Waals surface area contributed by atoms with Crippen molar-refractivity contribution in [3.05, 3.63) is 0 Å². The normalized spacial score (nSPS) is 26.7. The molecule has 0 radical (unpaired) electrons. The van der Waals surface area contributed by atoms with Crippen molar-refractivity contribution < 1.29 is 43.9 Å². The minimum Gasteiger partial charge on any atom is -0.439 e. The van der Waals surface area contributed by atoms with Crippen LogP contribution in [0.2, 0.25) is 0 Å². The van der Waals surface area contributed by atoms with Gasteiger partial charge in [0.05, 0.1) is 0 Å². The van der Waals surface area contributed by atoms with Gasteiger partial charge in [-0.05, 0) is 19.3 Å². The van der Waals surface area contributed by atoms with Gasteiger partial charge in [-0.3, -0.25) is 0 Å². The molecule has 1 aliphatic carbocycles. The number of alkyl carbamates (subject to hydrolysis) is 3. The van der Waals surface area contributed by atoms with Crippen molar-refractivity contribution in [3.8, 4) is 0 Å². The van der Waals surface area contributed by atoms with Crippen LogP contribution in [0.4, 0.5) is 14.4 Å². The van der Waals surface area contributed by atoms with E-state index < -0.39 is 54.9 Å². The zero-order valence-electron chi connectivity index (χ0n) is 19.6. The van der Waals surface area contributed by atoms with Crippen LogP contribution in [0, 0.1) is 0 Å². The standard InChI is InChI=1S/C21H39N3O9/c1-4-7-10-22-19(28)31-16-14(26)13(25)15(27)17(32-20(29)23-11-8-5-2)18(16)33-21(30)24-12-9-6-3/h13-18,25-27H,4-12H2,1-3H3,(H,22,28)(H,23,29)(H,24,30)/t13?,14-,15-,16-,17+,18?/m1/s1. The van der Waals surface area contributed by atoms with Crippen molar-refractivity contribution in [2.75, 3.05) is 19.6 Å². The lowest BCUT2D eigenvalue weighted by Crippen LogP contribution is -2.67. The Hall–Kier alpha value is -2.31. The summed E-state index contributed by atoms with van der Waals surface area (Å²) in [6, 6.07) is 0. The van der Waals surface area contributed by atoms with Crippen molar-refractivity contribution in [3.63, 3.8) is 0 Å². The number of aliphatic hydroxyl groups is 3. The van der Waals surface area contributed by atoms with E-state index in [1.165, 1.54) is 0 Å². The van der Waals surface area contributed by atoms with E-state index in [1.807, 2.05) is 20.8 Å². The first kappa shape index (κ1) is 28.7. The molecular weight excluding hydrogens is 438 g/mol. The molecule has 0 aromatic rings. The second kappa shape index (κ2) is 15.5. The van der Waals surface area contributed by atoms with Crippen molar-refractivity contribution in [1.82, 2.24) is 16.0 Å². The van der Waals surface area contributed by atoms with Gasteiger partial charge in [-0.1, -0.05) is 40.0 Å². The van der Waals surface area contributed by atoms with E-state index in [9.17, 15) is 29.7 Å². The van der Waals surface area contributed by atoms with Crippen LogP contribution in [0.5, 0.6) is 0 Å². The first-order chi connectivity index (χ1) is 15.8. The fraction of sp³-hybridized carbons (Fsp3) is 0.857. The van der Waals surface area contributed by atoms with Gasteiger partial charge in [0.1, 0.15) is 18.3 Å². The minimum atomic E-state index is -1.82. The van der Waals surface area contributed by atoms with E-state index in [-0.39, 0.29) is 0 Å². The lowest BCUT2D eigenvalue weighted by Gasteiger charge is -2.43. The molecule has 0 aromatic heterocycles. The molecule has 6 N–H and O–H groups in total. The van der Waals surface area contributed by atoms with E-state index in [2.05, 4.69) is 16.0 Å². The summed E-state index contributed by atoms with van der Waals surface area (Å²) in [5, 5.41) is 38.7. The second-order valence-electron chi connectivity index (χ2n) is 7.92. The number of hydrogen-bond donors (Lipinski definition) is 6. The number of nitrogens with one attached hydrogen (secondary N) is 3. The van der Waals surface area contributed by atoms with Gasteiger partial charge in [-0.15, -0.1) is 0 Å². The fourth-order valence-corrected chi connectivity index (χ4v) is 3.17. The van der Waals surface area contributed by atoms with Gasteiger partial charge in [0, 0.05) is 19.6 Å². The van der Waals surface area contributed by atoms with Gasteiger partial charge in [-0.2, -0.15) is 0 Å². The highest BCUT2D eigenvalue weighted by Gasteiger charge is 2.55. The summed E-state index contributed by atoms with van der Waals surface area (Å²) in [6.07, 6.45) is -8.41. The third-order valence-corrected chi connectivity index (χ3v) is 5.15. The number of ether oxygens (including phenoxy) is 3. The summed E-state index contributed by atoms with van der Waals surface area (Å²) >= 11 is 0. The first-order valence-corrected chi connectivity index (χ1v) is 11.6. The Morgan fingerprint density at radius 2 is 0.879 bits per heavy atom. The number of carbonyl (C=O) groups excluding carboxylic acids is 3. The van der Waals surface area contributed by atoms with Crippen LogP contribution in [0.15, 0.2) is 0 Å². The van der Waals surface area contributed by atoms with Crippen LogP contribution in [-0.4, -0.2) is 89.9 Å². The van der Waals surface area contributed by atoms with Crippen molar-refractivity contribution >= 4 is 18.3 Å². The summed E-state index contributed by atoms with van der Waals surface area (Å²) in [5.74, 6) is 0. The third kappa shape index (κ3) is 9.60. The number of unbranched alkanes of at least 4 members (excludes halogenated alkanes) is 3. The summed E-state index contributed by atoms with van der Waals surface area (Å²) in [4.78, 5) is 36.7. The molecule has 1 aliphatic rings. The largest absolute Gasteiger partial charge is 0.439 e. The van der Waals surface area contributed by atoms with Crippen molar-refractivity contribution in [2.24, 2.45) is 0 Å². The smallest absolute Gasteiger partial charge is 0.407 e. The molecule has 0 heterocycles. The van der Waals surface area contributed by atoms with Gasteiger partial charge in [-0.25, -0.2) is 14.4 Å². The molecule has 0 spiro atoms. The number of carbonyl (C=O) groups is 3. The van der Waals surface area contributed by atoms with Gasteiger partial charge >= 0.3 is 18.3 Å². The number of hydrogen-bond acceptors (Lipinski definition) is 9. The van der Waals surface area contributed by atoms with E-state index in [0.29, 0.717) is 38.9 Å². The SMILES string of the molecule is CCCCNC(=O)OC1[C@@H](OC(=O)NCCCC)[C@H](O)C(O)[C@@H](O)[C@H]1OC(=O)NCCCC. The molecule has 1 saturated carbocycles. The predicted octanol–water partition coefficient (Wildman–Crippen LogP) is 0.767. The van der Waals surface area contributed by atoms with Crippen LogP contribution < -0.4 is 16.0 Å². The van der Waals surface area contributed by atoms with E-state index in [0.717, 1.165) is 19.3 Å². The van der Waals surface area contributed by atoms with Crippen LogP contribution in [0.25, 0.3) is 0 Å². The minimum absolute atomic E-state index is 0.307. The highest BCUT2D eigenvalue weighted by Crippen LogP contribution is 2.29. The average molecular weight is 478 g/mol. The molecule has 0 aromatic carbocycles. The Balaban J connectivity index is 3.04. The molecule has 12 heteroatoms. The van der Waals surface area contributed by atoms with Crippen LogP contribution in [-0.2, 0) is 14.2 Å². The van der Waals surface area contributed by atoms with Crippen molar-refractivity contribution in [1.29, 1.82) is 0 Å². The molecule has 0 aliphatic heterocycles. The highest BCUT2D eigenvalue weighted by atomic mass is 16.6. The molecule has 0 bridgehead atoms. The molecule has 6 atom stereocenters. The Kier molecular flexibility index (Phi) is 13.5. The average Bonchev–Trinajstić information content (AvgIpc) is 2.78. The lowest BCUT2D eigenvalue weighted by molar-refractivity contribution is -0.221. The lowest BCUT2D eigenvalue weighted by atomic mass is 9.84. The third-order valence-electron chi connectivity index (χ3n) is 5.15. The number of aliphatic hydroxyl groups excluding tert-OH is 3. The Labute approximate surface area is 194 Å². The molecule has 0 saturated heterocycles. The summed E-state index contributed by atoms with van der Waals surface area (Å²) in [6.45, 7) is 6.73. The van der Waals surface area contributed by atoms with Crippen LogP contribution in [0.3, 0.4) is 0 Å². The van der Waals surface area contributed by atoms with Gasteiger partial charge in [0.25, 0.3) is 0 Å². The molecule has 33 heavy (non-hydrogen) atoms. The molecule has 1 rings (SSSR count). The van der Waals surface area contributed by atoms with E-state index >= 15 is 0 Å². The monoisotopic (exact) mass is 477 g/mol. The van der Waals surface area contributed by atoms with Crippen LogP contribution in [0.1, 0.15) is 59.3 Å². The number of rotatable bonds is 12.